The fourth-order valence-corrected chi connectivity index (χ4v) is 2.73. The van der Waals surface area contributed by atoms with Gasteiger partial charge in [-0.25, -0.2) is 0 Å². The molecular formula is C20H30N2O. The van der Waals surface area contributed by atoms with Gasteiger partial charge in [0, 0.05) is 18.2 Å². The lowest BCUT2D eigenvalue weighted by Crippen LogP contribution is -2.40. The Labute approximate surface area is 141 Å². The molecule has 1 unspecified atom stereocenters. The predicted octanol–water partition coefficient (Wildman–Crippen LogP) is 5.30. The highest BCUT2D eigenvalue weighted by Gasteiger charge is 2.26. The van der Waals surface area contributed by atoms with Crippen molar-refractivity contribution < 1.29 is 4.79 Å². The first-order valence-corrected chi connectivity index (χ1v) is 8.60. The van der Waals surface area contributed by atoms with Crippen LogP contribution in [0.15, 0.2) is 24.3 Å². The molecule has 0 bridgehead atoms. The van der Waals surface area contributed by atoms with Gasteiger partial charge in [0.15, 0.2) is 0 Å². The van der Waals surface area contributed by atoms with E-state index in [-0.39, 0.29) is 17.4 Å². The van der Waals surface area contributed by atoms with Crippen LogP contribution >= 0.6 is 0 Å². The van der Waals surface area contributed by atoms with Gasteiger partial charge in [0.25, 0.3) is 0 Å². The van der Waals surface area contributed by atoms with Crippen molar-refractivity contribution in [3.8, 4) is 6.07 Å². The molecule has 0 aliphatic heterocycles. The summed E-state index contributed by atoms with van der Waals surface area (Å²) < 4.78 is 0. The number of nitriles is 1. The third-order valence-electron chi connectivity index (χ3n) is 3.87. The van der Waals surface area contributed by atoms with Gasteiger partial charge in [0.1, 0.15) is 0 Å². The fourth-order valence-electron chi connectivity index (χ4n) is 2.73. The Morgan fingerprint density at radius 1 is 1.30 bits per heavy atom. The summed E-state index contributed by atoms with van der Waals surface area (Å²) in [6, 6.07) is 9.68. The molecule has 1 atom stereocenters. The maximum Gasteiger partial charge on any atom is 0.227 e. The van der Waals surface area contributed by atoms with Crippen molar-refractivity contribution in [3.63, 3.8) is 0 Å². The first-order valence-electron chi connectivity index (χ1n) is 8.60. The molecule has 1 aromatic carbocycles. The van der Waals surface area contributed by atoms with Crippen LogP contribution in [0.4, 0.5) is 5.69 Å². The molecule has 1 rings (SSSR count). The summed E-state index contributed by atoms with van der Waals surface area (Å²) in [7, 11) is 0. The molecule has 0 saturated heterocycles. The third kappa shape index (κ3) is 6.44. The molecule has 0 radical (unpaired) electrons. The van der Waals surface area contributed by atoms with E-state index in [2.05, 4.69) is 40.7 Å². The van der Waals surface area contributed by atoms with Crippen LogP contribution in [-0.4, -0.2) is 11.9 Å². The summed E-state index contributed by atoms with van der Waals surface area (Å²) in [6.45, 7) is 10.5. The van der Waals surface area contributed by atoms with Gasteiger partial charge in [-0.05, 0) is 37.0 Å². The molecule has 0 N–H and O–H groups in total. The second-order valence-corrected chi connectivity index (χ2v) is 7.51. The van der Waals surface area contributed by atoms with Crippen molar-refractivity contribution >= 4 is 11.6 Å². The largest absolute Gasteiger partial charge is 0.310 e. The van der Waals surface area contributed by atoms with Gasteiger partial charge in [-0.15, -0.1) is 0 Å². The van der Waals surface area contributed by atoms with Gasteiger partial charge in [-0.1, -0.05) is 53.0 Å². The van der Waals surface area contributed by atoms with Gasteiger partial charge in [0.05, 0.1) is 11.6 Å². The Morgan fingerprint density at radius 2 is 2.00 bits per heavy atom. The molecule has 126 valence electrons. The summed E-state index contributed by atoms with van der Waals surface area (Å²) in [4.78, 5) is 14.8. The Bertz CT molecular complexity index is 551. The SMILES string of the molecule is CCCCCC(C)N(C(=O)CC(C)(C)C)c1cccc(C#N)c1. The Balaban J connectivity index is 3.04. The highest BCUT2D eigenvalue weighted by molar-refractivity contribution is 5.94. The van der Waals surface area contributed by atoms with Crippen LogP contribution in [0, 0.1) is 16.7 Å². The van der Waals surface area contributed by atoms with Crippen molar-refractivity contribution in [1.29, 1.82) is 5.26 Å². The van der Waals surface area contributed by atoms with Crippen molar-refractivity contribution in [2.24, 2.45) is 5.41 Å². The topological polar surface area (TPSA) is 44.1 Å². The summed E-state index contributed by atoms with van der Waals surface area (Å²) in [5.74, 6) is 0.136. The molecule has 0 heterocycles. The molecule has 0 aliphatic rings. The standard InChI is InChI=1S/C20H30N2O/c1-6-7-8-10-16(2)22(19(23)14-20(3,4)5)18-12-9-11-17(13-18)15-21/h9,11-13,16H,6-8,10,14H2,1-5H3. The molecule has 3 heteroatoms. The molecule has 0 fully saturated rings. The lowest BCUT2D eigenvalue weighted by atomic mass is 9.91. The number of hydrogen-bond acceptors (Lipinski definition) is 2. The molecule has 23 heavy (non-hydrogen) atoms. The van der Waals surface area contributed by atoms with Crippen molar-refractivity contribution in [1.82, 2.24) is 0 Å². The molecule has 1 amide bonds. The summed E-state index contributed by atoms with van der Waals surface area (Å²) in [5, 5.41) is 9.13. The van der Waals surface area contributed by atoms with Crippen molar-refractivity contribution in [3.05, 3.63) is 29.8 Å². The summed E-state index contributed by atoms with van der Waals surface area (Å²) in [5.41, 5.74) is 1.38. The van der Waals surface area contributed by atoms with E-state index in [4.69, 9.17) is 5.26 Å². The smallest absolute Gasteiger partial charge is 0.227 e. The number of hydrogen-bond donors (Lipinski definition) is 0. The number of nitrogens with zero attached hydrogens (tertiary/aromatic N) is 2. The minimum absolute atomic E-state index is 0.0503. The lowest BCUT2D eigenvalue weighted by molar-refractivity contribution is -0.120. The van der Waals surface area contributed by atoms with E-state index in [1.807, 2.05) is 23.1 Å². The van der Waals surface area contributed by atoms with Crippen molar-refractivity contribution in [2.75, 3.05) is 4.90 Å². The van der Waals surface area contributed by atoms with Crippen molar-refractivity contribution in [2.45, 2.75) is 72.8 Å². The average molecular weight is 314 g/mol. The number of rotatable bonds is 7. The van der Waals surface area contributed by atoms with E-state index in [1.54, 1.807) is 6.07 Å². The van der Waals surface area contributed by atoms with Gasteiger partial charge < -0.3 is 4.90 Å². The highest BCUT2D eigenvalue weighted by atomic mass is 16.2. The average Bonchev–Trinajstić information content (AvgIpc) is 2.46. The zero-order valence-electron chi connectivity index (χ0n) is 15.2. The first kappa shape index (κ1) is 19.2. The Morgan fingerprint density at radius 3 is 2.57 bits per heavy atom. The zero-order valence-corrected chi connectivity index (χ0v) is 15.2. The fraction of sp³-hybridized carbons (Fsp3) is 0.600. The first-order chi connectivity index (χ1) is 10.8. The van der Waals surface area contributed by atoms with Crippen LogP contribution < -0.4 is 4.90 Å². The van der Waals surface area contributed by atoms with E-state index in [0.717, 1.165) is 18.5 Å². The number of carbonyl (C=O) groups is 1. The van der Waals surface area contributed by atoms with E-state index in [9.17, 15) is 4.79 Å². The molecule has 0 aromatic heterocycles. The number of amides is 1. The maximum absolute atomic E-state index is 12.9. The highest BCUT2D eigenvalue weighted by Crippen LogP contribution is 2.27. The second-order valence-electron chi connectivity index (χ2n) is 7.51. The minimum Gasteiger partial charge on any atom is -0.310 e. The lowest BCUT2D eigenvalue weighted by Gasteiger charge is -2.32. The van der Waals surface area contributed by atoms with E-state index in [0.29, 0.717) is 12.0 Å². The van der Waals surface area contributed by atoms with Gasteiger partial charge in [-0.2, -0.15) is 5.26 Å². The number of anilines is 1. The molecule has 3 nitrogen and oxygen atoms in total. The van der Waals surface area contributed by atoms with Crippen LogP contribution in [-0.2, 0) is 4.79 Å². The van der Waals surface area contributed by atoms with E-state index < -0.39 is 0 Å². The normalized spacial score (nSPS) is 12.5. The number of carbonyl (C=O) groups excluding carboxylic acids is 1. The molecule has 0 aliphatic carbocycles. The van der Waals surface area contributed by atoms with Crippen LogP contribution in [0.25, 0.3) is 0 Å². The van der Waals surface area contributed by atoms with E-state index >= 15 is 0 Å². The molecule has 1 aromatic rings. The third-order valence-corrected chi connectivity index (χ3v) is 3.87. The Kier molecular flexibility index (Phi) is 7.29. The van der Waals surface area contributed by atoms with Crippen LogP contribution in [0.2, 0.25) is 0 Å². The summed E-state index contributed by atoms with van der Waals surface area (Å²) in [6.07, 6.45) is 4.97. The van der Waals surface area contributed by atoms with Crippen LogP contribution in [0.5, 0.6) is 0 Å². The molecule has 0 spiro atoms. The molecular weight excluding hydrogens is 284 g/mol. The predicted molar refractivity (Wildman–Crippen MR) is 96.3 cm³/mol. The number of benzene rings is 1. The van der Waals surface area contributed by atoms with Crippen LogP contribution in [0.3, 0.4) is 0 Å². The van der Waals surface area contributed by atoms with Gasteiger partial charge in [-0.3, -0.25) is 4.79 Å². The van der Waals surface area contributed by atoms with Crippen LogP contribution in [0.1, 0.15) is 72.3 Å². The maximum atomic E-state index is 12.9. The van der Waals surface area contributed by atoms with Gasteiger partial charge >= 0.3 is 0 Å². The minimum atomic E-state index is -0.0503. The number of unbranched alkanes of at least 4 members (excludes halogenated alkanes) is 2. The second kappa shape index (κ2) is 8.72. The summed E-state index contributed by atoms with van der Waals surface area (Å²) >= 11 is 0. The zero-order chi connectivity index (χ0) is 17.5. The van der Waals surface area contributed by atoms with E-state index in [1.165, 1.54) is 12.8 Å². The molecule has 0 saturated carbocycles. The van der Waals surface area contributed by atoms with Gasteiger partial charge in [0.2, 0.25) is 5.91 Å². The quantitative estimate of drug-likeness (QED) is 0.641. The Hall–Kier alpha value is -1.82. The monoisotopic (exact) mass is 314 g/mol.